The van der Waals surface area contributed by atoms with E-state index in [2.05, 4.69) is 5.32 Å². The summed E-state index contributed by atoms with van der Waals surface area (Å²) in [7, 11) is 6.55. The van der Waals surface area contributed by atoms with Gasteiger partial charge in [-0.15, -0.1) is 0 Å². The van der Waals surface area contributed by atoms with Crippen LogP contribution >= 0.6 is 0 Å². The Morgan fingerprint density at radius 3 is 2.42 bits per heavy atom. The van der Waals surface area contributed by atoms with Gasteiger partial charge in [-0.2, -0.15) is 0 Å². The molecule has 0 aromatic heterocycles. The largest absolute Gasteiger partial charge is 0.508 e. The standard InChI is InChI=1S/C26H32N4O8/c1-29(2)13(10-31)9-28-15-6-5-11-7-12-8-14-19(30(3)4)22(34)18(25(27)37)24(36)26(14,38)23(35)17(12)21(33)16(11)20(15)32/h5-6,10,12-14,19,28,32-33,36,38H,7-9H2,1-4H3,(H2,27,37)/t12?,13?,14?,19-,26?/m0/s1. The molecule has 3 aliphatic rings. The van der Waals surface area contributed by atoms with E-state index in [1.165, 1.54) is 4.90 Å². The molecule has 12 nitrogen and oxygen atoms in total. The van der Waals surface area contributed by atoms with Gasteiger partial charge in [0.2, 0.25) is 5.78 Å². The highest BCUT2D eigenvalue weighted by Gasteiger charge is 2.64. The number of likely N-dealkylation sites (N-methyl/N-ethyl adjacent to an activating group) is 2. The van der Waals surface area contributed by atoms with Gasteiger partial charge >= 0.3 is 0 Å². The number of nitrogens with zero attached hydrogens (tertiary/aromatic N) is 2. The molecule has 0 bridgehead atoms. The first-order chi connectivity index (χ1) is 17.8. The van der Waals surface area contributed by atoms with Crippen LogP contribution in [0.3, 0.4) is 0 Å². The zero-order chi connectivity index (χ0) is 28.3. The number of benzene rings is 1. The van der Waals surface area contributed by atoms with Crippen LogP contribution < -0.4 is 11.1 Å². The molecule has 1 fully saturated rings. The molecule has 38 heavy (non-hydrogen) atoms. The molecule has 3 aliphatic carbocycles. The zero-order valence-corrected chi connectivity index (χ0v) is 21.6. The van der Waals surface area contributed by atoms with Crippen LogP contribution in [0.1, 0.15) is 17.5 Å². The molecule has 0 spiro atoms. The van der Waals surface area contributed by atoms with E-state index in [9.17, 15) is 39.6 Å². The SMILES string of the molecule is CN(C)C(C=O)CNc1ccc2c(c1O)C(O)=C1C(=O)C3(O)C(O)=C(C(N)=O)C(=O)[C@@H](N(C)C)C3CC1C2. The fourth-order valence-corrected chi connectivity index (χ4v) is 5.93. The molecule has 1 aromatic carbocycles. The number of aliphatic hydroxyl groups excluding tert-OH is 2. The van der Waals surface area contributed by atoms with Crippen molar-refractivity contribution in [2.24, 2.45) is 17.6 Å². The van der Waals surface area contributed by atoms with Gasteiger partial charge in [-0.3, -0.25) is 24.2 Å². The van der Waals surface area contributed by atoms with Crippen molar-refractivity contribution in [3.63, 3.8) is 0 Å². The number of nitrogens with two attached hydrogens (primary N) is 1. The first-order valence-electron chi connectivity index (χ1n) is 12.1. The Morgan fingerprint density at radius 2 is 1.87 bits per heavy atom. The molecule has 12 heteroatoms. The van der Waals surface area contributed by atoms with Gasteiger partial charge in [-0.25, -0.2) is 0 Å². The average Bonchev–Trinajstić information content (AvgIpc) is 2.82. The lowest BCUT2D eigenvalue weighted by Crippen LogP contribution is -2.65. The topological polar surface area (TPSA) is 194 Å². The summed E-state index contributed by atoms with van der Waals surface area (Å²) >= 11 is 0. The summed E-state index contributed by atoms with van der Waals surface area (Å²) in [6, 6.07) is 1.67. The van der Waals surface area contributed by atoms with Crippen LogP contribution in [0.2, 0.25) is 0 Å². The Balaban J connectivity index is 1.83. The summed E-state index contributed by atoms with van der Waals surface area (Å²) in [6.45, 7) is 0.164. The number of aldehydes is 1. The van der Waals surface area contributed by atoms with Gasteiger partial charge < -0.3 is 36.3 Å². The minimum atomic E-state index is -2.68. The molecule has 0 heterocycles. The van der Waals surface area contributed by atoms with E-state index in [0.717, 1.165) is 6.29 Å². The lowest BCUT2D eigenvalue weighted by molar-refractivity contribution is -0.153. The number of phenols is 1. The second-order valence-corrected chi connectivity index (χ2v) is 10.5. The number of rotatable bonds is 7. The van der Waals surface area contributed by atoms with E-state index >= 15 is 0 Å². The van der Waals surface area contributed by atoms with Crippen molar-refractivity contribution < 1.29 is 39.6 Å². The Morgan fingerprint density at radius 1 is 1.21 bits per heavy atom. The van der Waals surface area contributed by atoms with E-state index in [0.29, 0.717) is 5.56 Å². The number of ketones is 2. The molecule has 1 saturated carbocycles. The molecular weight excluding hydrogens is 496 g/mol. The molecule has 0 saturated heterocycles. The van der Waals surface area contributed by atoms with E-state index < -0.39 is 64.1 Å². The minimum Gasteiger partial charge on any atom is -0.508 e. The Hall–Kier alpha value is -3.74. The fourth-order valence-electron chi connectivity index (χ4n) is 5.93. The van der Waals surface area contributed by atoms with Gasteiger partial charge in [0.1, 0.15) is 29.1 Å². The van der Waals surface area contributed by atoms with Crippen LogP contribution in [0.5, 0.6) is 5.75 Å². The molecule has 1 aromatic rings. The quantitative estimate of drug-likeness (QED) is 0.152. The van der Waals surface area contributed by atoms with E-state index in [4.69, 9.17) is 5.73 Å². The summed E-state index contributed by atoms with van der Waals surface area (Å²) in [4.78, 5) is 53.4. The molecule has 1 amide bonds. The number of anilines is 1. The van der Waals surface area contributed by atoms with Crippen molar-refractivity contribution in [2.75, 3.05) is 40.1 Å². The minimum absolute atomic E-state index is 0.0150. The highest BCUT2D eigenvalue weighted by molar-refractivity contribution is 6.24. The van der Waals surface area contributed by atoms with Gasteiger partial charge in [0, 0.05) is 18.0 Å². The first-order valence-corrected chi connectivity index (χ1v) is 12.1. The number of carbonyl (C=O) groups excluding carboxylic acids is 4. The molecule has 4 rings (SSSR count). The molecule has 204 valence electrons. The van der Waals surface area contributed by atoms with Gasteiger partial charge in [-0.05, 0) is 58.6 Å². The normalized spacial score (nSPS) is 27.7. The number of hydrogen-bond donors (Lipinski definition) is 6. The third-order valence-corrected chi connectivity index (χ3v) is 7.92. The smallest absolute Gasteiger partial charge is 0.255 e. The third kappa shape index (κ3) is 3.87. The summed E-state index contributed by atoms with van der Waals surface area (Å²) in [5, 5.41) is 47.8. The highest BCUT2D eigenvalue weighted by atomic mass is 16.3. The van der Waals surface area contributed by atoms with Gasteiger partial charge in [-0.1, -0.05) is 6.07 Å². The average molecular weight is 529 g/mol. The predicted molar refractivity (Wildman–Crippen MR) is 136 cm³/mol. The Kier molecular flexibility index (Phi) is 6.85. The number of nitrogens with one attached hydrogen (secondary N) is 1. The molecule has 4 unspecified atom stereocenters. The van der Waals surface area contributed by atoms with Crippen molar-refractivity contribution in [1.29, 1.82) is 0 Å². The molecule has 5 atom stereocenters. The number of amides is 1. The second-order valence-electron chi connectivity index (χ2n) is 10.5. The number of hydrogen-bond acceptors (Lipinski definition) is 11. The van der Waals surface area contributed by atoms with Crippen molar-refractivity contribution in [1.82, 2.24) is 9.80 Å². The predicted octanol–water partition coefficient (Wildman–Crippen LogP) is -0.495. The maximum Gasteiger partial charge on any atom is 0.255 e. The fraction of sp³-hybridized carbons (Fsp3) is 0.462. The monoisotopic (exact) mass is 528 g/mol. The molecular formula is C26H32N4O8. The molecule has 0 radical (unpaired) electrons. The van der Waals surface area contributed by atoms with Crippen molar-refractivity contribution in [3.05, 3.63) is 40.2 Å². The number of Topliss-reactive ketones (excluding diaryl/α,β-unsaturated/α-hetero) is 2. The second kappa shape index (κ2) is 9.53. The lowest BCUT2D eigenvalue weighted by atomic mass is 9.57. The number of primary amides is 1. The van der Waals surface area contributed by atoms with E-state index in [1.807, 2.05) is 0 Å². The summed E-state index contributed by atoms with van der Waals surface area (Å²) in [5.74, 6) is -6.95. The molecule has 7 N–H and O–H groups in total. The van der Waals surface area contributed by atoms with Crippen LogP contribution in [-0.2, 0) is 25.6 Å². The third-order valence-electron chi connectivity index (χ3n) is 7.92. The summed E-state index contributed by atoms with van der Waals surface area (Å²) in [5.41, 5.74) is 2.32. The van der Waals surface area contributed by atoms with Crippen LogP contribution in [0.4, 0.5) is 5.69 Å². The van der Waals surface area contributed by atoms with Gasteiger partial charge in [0.15, 0.2) is 11.4 Å². The maximum atomic E-state index is 13.8. The van der Waals surface area contributed by atoms with Crippen LogP contribution in [0, 0.1) is 11.8 Å². The Bertz CT molecular complexity index is 1300. The van der Waals surface area contributed by atoms with Crippen LogP contribution in [0.25, 0.3) is 5.76 Å². The van der Waals surface area contributed by atoms with Gasteiger partial charge in [0.05, 0.1) is 23.3 Å². The van der Waals surface area contributed by atoms with Crippen LogP contribution in [0.15, 0.2) is 29.0 Å². The van der Waals surface area contributed by atoms with Gasteiger partial charge in [0.25, 0.3) is 5.91 Å². The number of carbonyl (C=O) groups is 4. The first kappa shape index (κ1) is 27.3. The number of aromatic hydroxyl groups is 1. The van der Waals surface area contributed by atoms with E-state index in [-0.39, 0.29) is 42.0 Å². The number of fused-ring (bicyclic) bond motifs is 3. The van der Waals surface area contributed by atoms with Crippen molar-refractivity contribution in [3.8, 4) is 5.75 Å². The van der Waals surface area contributed by atoms with E-state index in [1.54, 1.807) is 45.2 Å². The maximum absolute atomic E-state index is 13.8. The Labute approximate surface area is 219 Å². The number of phenolic OH excluding ortho intramolecular Hbond substituents is 1. The zero-order valence-electron chi connectivity index (χ0n) is 21.6. The van der Waals surface area contributed by atoms with Crippen LogP contribution in [-0.4, -0.2) is 106 Å². The number of aliphatic hydroxyl groups is 3. The lowest BCUT2D eigenvalue weighted by Gasteiger charge is -2.50. The summed E-state index contributed by atoms with van der Waals surface area (Å²) < 4.78 is 0. The highest BCUT2D eigenvalue weighted by Crippen LogP contribution is 2.53. The molecule has 0 aliphatic heterocycles. The van der Waals surface area contributed by atoms with Crippen molar-refractivity contribution in [2.45, 2.75) is 30.5 Å². The van der Waals surface area contributed by atoms with Crippen molar-refractivity contribution >= 4 is 35.2 Å². The summed E-state index contributed by atoms with van der Waals surface area (Å²) in [6.07, 6.45) is 0.980.